The molecular formula is C11H17N3O3S. The molecule has 1 fully saturated rings. The van der Waals surface area contributed by atoms with Crippen molar-refractivity contribution in [3.05, 3.63) is 18.3 Å². The van der Waals surface area contributed by atoms with E-state index in [4.69, 9.17) is 10.5 Å². The molecule has 0 spiro atoms. The van der Waals surface area contributed by atoms with Crippen molar-refractivity contribution >= 4 is 15.8 Å². The first kappa shape index (κ1) is 13.3. The Kier molecular flexibility index (Phi) is 3.56. The first-order valence-corrected chi connectivity index (χ1v) is 7.23. The number of hydrogen-bond donors (Lipinski definition) is 2. The van der Waals surface area contributed by atoms with Gasteiger partial charge in [0, 0.05) is 18.9 Å². The molecule has 6 nitrogen and oxygen atoms in total. The van der Waals surface area contributed by atoms with Gasteiger partial charge in [0.25, 0.3) is 0 Å². The second kappa shape index (κ2) is 4.83. The summed E-state index contributed by atoms with van der Waals surface area (Å²) in [5.74, 6) is 0.183. The van der Waals surface area contributed by atoms with Crippen molar-refractivity contribution in [3.63, 3.8) is 0 Å². The molecule has 100 valence electrons. The predicted octanol–water partition coefficient (Wildman–Crippen LogP) is 0.511. The largest absolute Gasteiger partial charge is 0.384 e. The summed E-state index contributed by atoms with van der Waals surface area (Å²) in [6.07, 6.45) is 2.98. The maximum Gasteiger partial charge on any atom is 0.241 e. The van der Waals surface area contributed by atoms with Crippen LogP contribution in [0.1, 0.15) is 19.8 Å². The number of nitrogens with zero attached hydrogens (tertiary/aromatic N) is 1. The molecule has 0 aromatic carbocycles. The van der Waals surface area contributed by atoms with Crippen LogP contribution in [0.5, 0.6) is 0 Å². The first-order chi connectivity index (χ1) is 8.41. The highest BCUT2D eigenvalue weighted by Crippen LogP contribution is 2.21. The van der Waals surface area contributed by atoms with Crippen molar-refractivity contribution in [2.45, 2.75) is 30.2 Å². The topological polar surface area (TPSA) is 94.3 Å². The van der Waals surface area contributed by atoms with Crippen molar-refractivity contribution in [2.24, 2.45) is 0 Å². The third-order valence-electron chi connectivity index (χ3n) is 2.88. The molecule has 0 bridgehead atoms. The smallest absolute Gasteiger partial charge is 0.241 e. The molecule has 1 aliphatic rings. The Hall–Kier alpha value is -1.18. The molecule has 1 aromatic rings. The lowest BCUT2D eigenvalue weighted by Crippen LogP contribution is -2.51. The predicted molar refractivity (Wildman–Crippen MR) is 67.4 cm³/mol. The van der Waals surface area contributed by atoms with Crippen LogP contribution in [-0.2, 0) is 14.8 Å². The summed E-state index contributed by atoms with van der Waals surface area (Å²) in [4.78, 5) is 3.91. The Balaban J connectivity index is 2.21. The van der Waals surface area contributed by atoms with E-state index in [1.807, 2.05) is 6.92 Å². The molecule has 1 saturated heterocycles. The van der Waals surface area contributed by atoms with Gasteiger partial charge in [0.15, 0.2) is 0 Å². The Labute approximate surface area is 107 Å². The lowest BCUT2D eigenvalue weighted by Gasteiger charge is -2.33. The van der Waals surface area contributed by atoms with E-state index in [1.54, 1.807) is 0 Å². The lowest BCUT2D eigenvalue weighted by atomic mass is 9.97. The second-order valence-corrected chi connectivity index (χ2v) is 6.42. The van der Waals surface area contributed by atoms with Gasteiger partial charge in [-0.1, -0.05) is 0 Å². The number of nitrogens with two attached hydrogens (primary N) is 1. The summed E-state index contributed by atoms with van der Waals surface area (Å²) >= 11 is 0. The third-order valence-corrected chi connectivity index (χ3v) is 4.52. The minimum atomic E-state index is -3.59. The summed E-state index contributed by atoms with van der Waals surface area (Å²) in [6.45, 7) is 2.90. The third kappa shape index (κ3) is 2.98. The molecule has 2 rings (SSSR count). The van der Waals surface area contributed by atoms with Crippen LogP contribution >= 0.6 is 0 Å². The van der Waals surface area contributed by atoms with Crippen LogP contribution in [0, 0.1) is 0 Å². The van der Waals surface area contributed by atoms with E-state index >= 15 is 0 Å². The van der Waals surface area contributed by atoms with Crippen molar-refractivity contribution in [2.75, 3.05) is 18.9 Å². The number of sulfonamides is 1. The molecule has 2 heterocycles. The number of aromatic nitrogens is 1. The van der Waals surface area contributed by atoms with Crippen LogP contribution in [0.25, 0.3) is 0 Å². The number of pyridine rings is 1. The van der Waals surface area contributed by atoms with Gasteiger partial charge in [-0.2, -0.15) is 0 Å². The Bertz CT molecular complexity index is 524. The van der Waals surface area contributed by atoms with Gasteiger partial charge < -0.3 is 10.5 Å². The SMILES string of the molecule is CC1(NS(=O)(=O)c2ccnc(N)c2)CCCOC1. The normalized spacial score (nSPS) is 24.9. The zero-order chi connectivity index (χ0) is 13.2. The van der Waals surface area contributed by atoms with Crippen LogP contribution in [0.4, 0.5) is 5.82 Å². The number of rotatable bonds is 3. The van der Waals surface area contributed by atoms with Gasteiger partial charge in [-0.3, -0.25) is 0 Å². The van der Waals surface area contributed by atoms with Crippen molar-refractivity contribution < 1.29 is 13.2 Å². The fourth-order valence-corrected chi connectivity index (χ4v) is 3.44. The second-order valence-electron chi connectivity index (χ2n) is 4.74. The number of anilines is 1. The molecule has 1 aliphatic heterocycles. The van der Waals surface area contributed by atoms with E-state index in [1.165, 1.54) is 18.3 Å². The minimum absolute atomic E-state index is 0.127. The van der Waals surface area contributed by atoms with E-state index in [2.05, 4.69) is 9.71 Å². The van der Waals surface area contributed by atoms with Gasteiger partial charge >= 0.3 is 0 Å². The summed E-state index contributed by atoms with van der Waals surface area (Å²) in [5.41, 5.74) is 4.93. The zero-order valence-electron chi connectivity index (χ0n) is 10.2. The minimum Gasteiger partial charge on any atom is -0.384 e. The molecule has 18 heavy (non-hydrogen) atoms. The lowest BCUT2D eigenvalue weighted by molar-refractivity contribution is 0.0386. The van der Waals surface area contributed by atoms with E-state index < -0.39 is 15.6 Å². The molecule has 1 aromatic heterocycles. The monoisotopic (exact) mass is 271 g/mol. The number of ether oxygens (including phenoxy) is 1. The first-order valence-electron chi connectivity index (χ1n) is 5.75. The standard InChI is InChI=1S/C11H17N3O3S/c1-11(4-2-6-17-8-11)14-18(15,16)9-3-5-13-10(12)7-9/h3,5,7,14H,2,4,6,8H2,1H3,(H2,12,13). The molecule has 0 aliphatic carbocycles. The molecule has 1 atom stereocenters. The highest BCUT2D eigenvalue weighted by atomic mass is 32.2. The van der Waals surface area contributed by atoms with Crippen LogP contribution < -0.4 is 10.5 Å². The van der Waals surface area contributed by atoms with Crippen molar-refractivity contribution in [3.8, 4) is 0 Å². The molecular weight excluding hydrogens is 254 g/mol. The quantitative estimate of drug-likeness (QED) is 0.835. The fraction of sp³-hybridized carbons (Fsp3) is 0.545. The average molecular weight is 271 g/mol. The van der Waals surface area contributed by atoms with E-state index in [-0.39, 0.29) is 10.7 Å². The van der Waals surface area contributed by atoms with Crippen molar-refractivity contribution in [1.29, 1.82) is 0 Å². The van der Waals surface area contributed by atoms with Crippen LogP contribution in [-0.4, -0.2) is 32.2 Å². The summed E-state index contributed by atoms with van der Waals surface area (Å²) in [6, 6.07) is 2.76. The number of hydrogen-bond acceptors (Lipinski definition) is 5. The summed E-state index contributed by atoms with van der Waals surface area (Å²) in [7, 11) is -3.59. The highest BCUT2D eigenvalue weighted by Gasteiger charge is 2.32. The molecule has 0 radical (unpaired) electrons. The highest BCUT2D eigenvalue weighted by molar-refractivity contribution is 7.89. The van der Waals surface area contributed by atoms with Gasteiger partial charge in [-0.05, 0) is 25.8 Å². The van der Waals surface area contributed by atoms with E-state index in [9.17, 15) is 8.42 Å². The summed E-state index contributed by atoms with van der Waals surface area (Å²) in [5, 5.41) is 0. The maximum atomic E-state index is 12.2. The molecule has 0 saturated carbocycles. The zero-order valence-corrected chi connectivity index (χ0v) is 11.0. The van der Waals surface area contributed by atoms with Crippen LogP contribution in [0.2, 0.25) is 0 Å². The Morgan fingerprint density at radius 1 is 1.56 bits per heavy atom. The number of nitrogen functional groups attached to an aromatic ring is 1. The number of nitrogens with one attached hydrogen (secondary N) is 1. The van der Waals surface area contributed by atoms with E-state index in [0.29, 0.717) is 13.2 Å². The van der Waals surface area contributed by atoms with Gasteiger partial charge in [0.05, 0.1) is 17.0 Å². The fourth-order valence-electron chi connectivity index (χ4n) is 1.99. The van der Waals surface area contributed by atoms with E-state index in [0.717, 1.165) is 12.8 Å². The Morgan fingerprint density at radius 3 is 2.94 bits per heavy atom. The molecule has 0 amide bonds. The van der Waals surface area contributed by atoms with Gasteiger partial charge in [-0.15, -0.1) is 0 Å². The molecule has 3 N–H and O–H groups in total. The molecule has 1 unspecified atom stereocenters. The average Bonchev–Trinajstić information content (AvgIpc) is 2.28. The Morgan fingerprint density at radius 2 is 2.33 bits per heavy atom. The van der Waals surface area contributed by atoms with Crippen LogP contribution in [0.15, 0.2) is 23.2 Å². The van der Waals surface area contributed by atoms with Gasteiger partial charge in [-0.25, -0.2) is 18.1 Å². The van der Waals surface area contributed by atoms with Crippen molar-refractivity contribution in [1.82, 2.24) is 9.71 Å². The van der Waals surface area contributed by atoms with Crippen LogP contribution in [0.3, 0.4) is 0 Å². The van der Waals surface area contributed by atoms with Gasteiger partial charge in [0.2, 0.25) is 10.0 Å². The van der Waals surface area contributed by atoms with Gasteiger partial charge in [0.1, 0.15) is 5.82 Å². The molecule has 7 heteroatoms. The summed E-state index contributed by atoms with van der Waals surface area (Å²) < 4.78 is 32.4. The maximum absolute atomic E-state index is 12.2.